The van der Waals surface area contributed by atoms with Crippen molar-refractivity contribution in [1.29, 1.82) is 0 Å². The Morgan fingerprint density at radius 1 is 1.21 bits per heavy atom. The van der Waals surface area contributed by atoms with Crippen molar-refractivity contribution >= 4 is 34.3 Å². The van der Waals surface area contributed by atoms with Gasteiger partial charge in [-0.2, -0.15) is 0 Å². The summed E-state index contributed by atoms with van der Waals surface area (Å²) in [6.07, 6.45) is 0.789. The Morgan fingerprint density at radius 3 is 2.57 bits per heavy atom. The Morgan fingerprint density at radius 2 is 1.96 bits per heavy atom. The third-order valence-electron chi connectivity index (χ3n) is 4.60. The van der Waals surface area contributed by atoms with E-state index in [1.165, 1.54) is 11.0 Å². The number of rotatable bonds is 7. The Kier molecular flexibility index (Phi) is 5.62. The number of nitrogens with zero attached hydrogens (tertiary/aromatic N) is 1. The van der Waals surface area contributed by atoms with Crippen molar-refractivity contribution in [2.45, 2.75) is 19.4 Å². The molecule has 0 spiro atoms. The van der Waals surface area contributed by atoms with Crippen molar-refractivity contribution in [2.75, 3.05) is 19.4 Å². The van der Waals surface area contributed by atoms with Gasteiger partial charge >= 0.3 is 0 Å². The van der Waals surface area contributed by atoms with Crippen LogP contribution in [0, 0.1) is 0 Å². The molecule has 0 fully saturated rings. The number of nitrogens with two attached hydrogens (primary N) is 1. The minimum absolute atomic E-state index is 0.0269. The average Bonchev–Trinajstić information content (AvgIpc) is 3.22. The van der Waals surface area contributed by atoms with Crippen LogP contribution >= 0.6 is 11.3 Å². The molecule has 28 heavy (non-hydrogen) atoms. The van der Waals surface area contributed by atoms with Gasteiger partial charge in [0.05, 0.1) is 16.1 Å². The van der Waals surface area contributed by atoms with Crippen LogP contribution < -0.4 is 21.5 Å². The highest BCUT2D eigenvalue weighted by Crippen LogP contribution is 2.31. The molecular formula is C20H22N3O4S+. The second kappa shape index (κ2) is 7.95. The number of anilines is 2. The molecule has 2 aromatic carbocycles. The number of carbonyl (C=O) groups is 1. The van der Waals surface area contributed by atoms with Crippen LogP contribution in [0.2, 0.25) is 0 Å². The van der Waals surface area contributed by atoms with E-state index in [9.17, 15) is 19.5 Å². The lowest BCUT2D eigenvalue weighted by Gasteiger charge is -2.18. The van der Waals surface area contributed by atoms with Crippen molar-refractivity contribution in [3.63, 3.8) is 0 Å². The predicted octanol–water partition coefficient (Wildman–Crippen LogP) is 1.84. The number of quaternary nitrogens is 1. The van der Waals surface area contributed by atoms with Crippen molar-refractivity contribution in [1.82, 2.24) is 4.90 Å². The fourth-order valence-electron chi connectivity index (χ4n) is 2.99. The van der Waals surface area contributed by atoms with E-state index < -0.39 is 10.9 Å². The molecule has 0 radical (unpaired) electrons. The van der Waals surface area contributed by atoms with Crippen LogP contribution in [0.15, 0.2) is 45.3 Å². The summed E-state index contributed by atoms with van der Waals surface area (Å²) in [5.41, 5.74) is -0.393. The molecule has 0 bridgehead atoms. The van der Waals surface area contributed by atoms with Gasteiger partial charge in [-0.1, -0.05) is 19.1 Å². The quantitative estimate of drug-likeness (QED) is 0.415. The van der Waals surface area contributed by atoms with Gasteiger partial charge < -0.3 is 20.6 Å². The molecule has 8 heteroatoms. The molecule has 146 valence electrons. The highest BCUT2D eigenvalue weighted by molar-refractivity contribution is 7.10. The molecule has 1 aromatic heterocycles. The van der Waals surface area contributed by atoms with Gasteiger partial charge in [0.25, 0.3) is 16.8 Å². The number of amides is 1. The number of phenols is 1. The highest BCUT2D eigenvalue weighted by atomic mass is 32.1. The number of aromatic hydroxyl groups is 1. The number of hydrogen-bond donors (Lipinski definition) is 3. The van der Waals surface area contributed by atoms with Crippen LogP contribution in [0.5, 0.6) is 5.75 Å². The first kappa shape index (κ1) is 19.8. The third-order valence-corrected chi connectivity index (χ3v) is 5.60. The van der Waals surface area contributed by atoms with Crippen LogP contribution in [0.3, 0.4) is 0 Å². The van der Waals surface area contributed by atoms with E-state index in [1.54, 1.807) is 42.9 Å². The molecule has 0 aliphatic carbocycles. The lowest BCUT2D eigenvalue weighted by molar-refractivity contribution is -0.618. The van der Waals surface area contributed by atoms with E-state index in [0.717, 1.165) is 11.3 Å². The van der Waals surface area contributed by atoms with Crippen LogP contribution in [0.4, 0.5) is 17.1 Å². The monoisotopic (exact) mass is 400 g/mol. The molecule has 1 heterocycles. The van der Waals surface area contributed by atoms with Gasteiger partial charge in [0.15, 0.2) is 11.4 Å². The summed E-state index contributed by atoms with van der Waals surface area (Å²) >= 11 is 1.60. The molecule has 0 aliphatic heterocycles. The van der Waals surface area contributed by atoms with Gasteiger partial charge in [0.1, 0.15) is 6.04 Å². The fraction of sp³-hybridized carbons (Fsp3) is 0.250. The van der Waals surface area contributed by atoms with Gasteiger partial charge in [-0.25, -0.2) is 0 Å². The van der Waals surface area contributed by atoms with E-state index in [4.69, 9.17) is 0 Å². The summed E-state index contributed by atoms with van der Waals surface area (Å²) in [6, 6.07) is 8.63. The smallest absolute Gasteiger partial charge is 0.290 e. The maximum absolute atomic E-state index is 12.2. The zero-order chi connectivity index (χ0) is 20.4. The minimum atomic E-state index is -0.629. The van der Waals surface area contributed by atoms with Crippen LogP contribution in [-0.4, -0.2) is 30.0 Å². The average molecular weight is 400 g/mol. The molecule has 1 unspecified atom stereocenters. The molecule has 0 aliphatic rings. The molecule has 7 nitrogen and oxygen atoms in total. The summed E-state index contributed by atoms with van der Waals surface area (Å²) in [7, 11) is 3.17. The van der Waals surface area contributed by atoms with Crippen LogP contribution in [-0.2, 0) is 0 Å². The summed E-state index contributed by atoms with van der Waals surface area (Å²) in [6.45, 7) is 2.02. The second-order valence-corrected chi connectivity index (χ2v) is 7.65. The number of phenolic OH excluding ortho intramolecular Hbond substituents is 1. The molecule has 0 saturated heterocycles. The Hall–Kier alpha value is -2.97. The van der Waals surface area contributed by atoms with Crippen molar-refractivity contribution < 1.29 is 15.2 Å². The molecular weight excluding hydrogens is 378 g/mol. The van der Waals surface area contributed by atoms with Crippen molar-refractivity contribution in [3.8, 4) is 5.75 Å². The third kappa shape index (κ3) is 3.56. The zero-order valence-electron chi connectivity index (χ0n) is 15.9. The molecule has 4 N–H and O–H groups in total. The van der Waals surface area contributed by atoms with Gasteiger partial charge in [-0.05, 0) is 23.6 Å². The first-order valence-electron chi connectivity index (χ1n) is 8.87. The summed E-state index contributed by atoms with van der Waals surface area (Å²) < 4.78 is 0. The Bertz CT molecular complexity index is 1070. The highest BCUT2D eigenvalue weighted by Gasteiger charge is 2.29. The summed E-state index contributed by atoms with van der Waals surface area (Å²) in [5.74, 6) is -0.618. The standard InChI is InChI=1S/C20H21N3O4S/c1-4-12(14-9-6-10-28-14)21-15-16(19(26)18(15)25)22-13-8-5-7-11(17(13)24)20(27)23(2)3/h5-10,12,21-22,24H,4H2,1-3H3/p+1. The SMILES string of the molecule is CCC([NH2+]c1c(Nc2cccc(C(=O)N(C)C)c2O)c(=O)c1=O)c1cccs1. The second-order valence-electron chi connectivity index (χ2n) is 6.67. The largest absolute Gasteiger partial charge is 0.505 e. The van der Waals surface area contributed by atoms with E-state index >= 15 is 0 Å². The zero-order valence-corrected chi connectivity index (χ0v) is 16.7. The number of hydrogen-bond acceptors (Lipinski definition) is 6. The molecule has 3 rings (SSSR count). The molecule has 0 saturated carbocycles. The normalized spacial score (nSPS) is 12.1. The van der Waals surface area contributed by atoms with Crippen molar-refractivity contribution in [2.24, 2.45) is 0 Å². The maximum Gasteiger partial charge on any atom is 0.290 e. The Labute approximate surface area is 165 Å². The fourth-order valence-corrected chi connectivity index (χ4v) is 3.87. The molecule has 1 amide bonds. The lowest BCUT2D eigenvalue weighted by atomic mass is 10.1. The predicted molar refractivity (Wildman–Crippen MR) is 110 cm³/mol. The van der Waals surface area contributed by atoms with Crippen LogP contribution in [0.1, 0.15) is 34.6 Å². The van der Waals surface area contributed by atoms with Gasteiger partial charge in [0, 0.05) is 20.5 Å². The maximum atomic E-state index is 12.2. The number of nitrogens with one attached hydrogen (secondary N) is 1. The van der Waals surface area contributed by atoms with Gasteiger partial charge in [0.2, 0.25) is 5.69 Å². The lowest BCUT2D eigenvalue weighted by Crippen LogP contribution is -2.83. The molecule has 3 aromatic rings. The Balaban J connectivity index is 1.90. The molecule has 1 atom stereocenters. The van der Waals surface area contributed by atoms with E-state index in [-0.39, 0.29) is 34.6 Å². The van der Waals surface area contributed by atoms with Gasteiger partial charge in [-0.3, -0.25) is 14.4 Å². The topological polar surface area (TPSA) is 103 Å². The van der Waals surface area contributed by atoms with E-state index in [0.29, 0.717) is 5.69 Å². The van der Waals surface area contributed by atoms with E-state index in [2.05, 4.69) is 5.32 Å². The van der Waals surface area contributed by atoms with Crippen LogP contribution in [0.25, 0.3) is 0 Å². The van der Waals surface area contributed by atoms with E-state index in [1.807, 2.05) is 24.4 Å². The summed E-state index contributed by atoms with van der Waals surface area (Å²) in [5, 5.41) is 17.1. The number of para-hydroxylation sites is 1. The summed E-state index contributed by atoms with van der Waals surface area (Å²) in [4.78, 5) is 38.9. The first-order chi connectivity index (χ1) is 13.3. The van der Waals surface area contributed by atoms with Crippen molar-refractivity contribution in [3.05, 3.63) is 66.6 Å². The van der Waals surface area contributed by atoms with Gasteiger partial charge in [-0.15, -0.1) is 11.3 Å². The number of carbonyl (C=O) groups excluding carboxylic acids is 1. The number of benzene rings is 1. The first-order valence-corrected chi connectivity index (χ1v) is 9.75. The minimum Gasteiger partial charge on any atom is -0.505 e. The number of thiophene rings is 1.